The lowest BCUT2D eigenvalue weighted by Crippen LogP contribution is -2.92. The minimum atomic E-state index is -0.521. The Hall–Kier alpha value is -0.150. The molecule has 3 atom stereocenters. The summed E-state index contributed by atoms with van der Waals surface area (Å²) in [7, 11) is 2.15. The van der Waals surface area contributed by atoms with Gasteiger partial charge in [-0.25, -0.2) is 4.39 Å². The number of likely N-dealkylation sites (tertiary alicyclic amines) is 1. The number of likely N-dealkylation sites (N-methyl/N-ethyl adjacent to an activating group) is 1. The van der Waals surface area contributed by atoms with Crippen LogP contribution in [0.1, 0.15) is 13.3 Å². The van der Waals surface area contributed by atoms with Gasteiger partial charge in [0, 0.05) is 0 Å². The molecule has 0 aliphatic carbocycles. The lowest BCUT2D eigenvalue weighted by molar-refractivity contribution is -1.08. The highest BCUT2D eigenvalue weighted by atomic mass is 19.1. The van der Waals surface area contributed by atoms with Crippen molar-refractivity contribution in [2.24, 2.45) is 0 Å². The second-order valence-corrected chi connectivity index (χ2v) is 5.39. The first-order chi connectivity index (χ1) is 6.08. The van der Waals surface area contributed by atoms with Gasteiger partial charge in [0.15, 0.2) is 0 Å². The maximum atomic E-state index is 13.4. The summed E-state index contributed by atoms with van der Waals surface area (Å²) in [5, 5.41) is 0. The Morgan fingerprint density at radius 2 is 2.15 bits per heavy atom. The van der Waals surface area contributed by atoms with Gasteiger partial charge in [-0.05, 0) is 14.0 Å². The molecular weight excluding hydrogens is 167 g/mol. The Kier molecular flexibility index (Phi) is 1.31. The van der Waals surface area contributed by atoms with Crippen molar-refractivity contribution in [1.82, 2.24) is 4.90 Å². The number of hydrogen-bond donors (Lipinski definition) is 0. The van der Waals surface area contributed by atoms with E-state index in [2.05, 4.69) is 18.9 Å². The van der Waals surface area contributed by atoms with Gasteiger partial charge in [0.1, 0.15) is 18.1 Å². The molecule has 0 aromatic rings. The summed E-state index contributed by atoms with van der Waals surface area (Å²) in [6.07, 6.45) is 0.584. The number of hydrogen-bond acceptors (Lipinski definition) is 1. The van der Waals surface area contributed by atoms with Crippen molar-refractivity contribution < 1.29 is 8.87 Å². The van der Waals surface area contributed by atoms with Gasteiger partial charge in [0.2, 0.25) is 6.17 Å². The predicted octanol–water partition coefficient (Wildman–Crippen LogP) is 0.631. The van der Waals surface area contributed by atoms with Crippen molar-refractivity contribution in [3.8, 4) is 0 Å². The third-order valence-corrected chi connectivity index (χ3v) is 4.94. The molecule has 2 nitrogen and oxygen atoms in total. The summed E-state index contributed by atoms with van der Waals surface area (Å²) in [6, 6.07) is 0.746. The Balaban J connectivity index is 1.78. The fraction of sp³-hybridized carbons (Fsp3) is 1.00. The molecule has 0 saturated carbocycles. The van der Waals surface area contributed by atoms with Crippen LogP contribution in [0.2, 0.25) is 0 Å². The topological polar surface area (TPSA) is 3.24 Å². The third kappa shape index (κ3) is 0.689. The predicted molar refractivity (Wildman–Crippen MR) is 49.2 cm³/mol. The Labute approximate surface area is 78.9 Å². The van der Waals surface area contributed by atoms with Crippen LogP contribution in [-0.4, -0.2) is 60.4 Å². The van der Waals surface area contributed by atoms with Crippen LogP contribution in [0.4, 0.5) is 4.39 Å². The average Bonchev–Trinajstić information content (AvgIpc) is 2.06. The van der Waals surface area contributed by atoms with Crippen LogP contribution in [-0.2, 0) is 0 Å². The number of halogens is 1. The van der Waals surface area contributed by atoms with Crippen LogP contribution in [0.25, 0.3) is 0 Å². The number of quaternary nitrogens is 1. The largest absolute Gasteiger partial charge is 0.309 e. The minimum absolute atomic E-state index is 0.0198. The first-order valence-corrected chi connectivity index (χ1v) is 5.28. The van der Waals surface area contributed by atoms with Crippen molar-refractivity contribution in [3.05, 3.63) is 0 Å². The third-order valence-electron chi connectivity index (χ3n) is 4.94. The monoisotopic (exact) mass is 185 g/mol. The minimum Gasteiger partial charge on any atom is -0.309 e. The van der Waals surface area contributed by atoms with Gasteiger partial charge in [-0.2, -0.15) is 0 Å². The zero-order valence-corrected chi connectivity index (χ0v) is 8.46. The lowest BCUT2D eigenvalue weighted by atomic mass is 9.67. The number of rotatable bonds is 1. The summed E-state index contributed by atoms with van der Waals surface area (Å²) in [4.78, 5) is 2.34. The maximum Gasteiger partial charge on any atom is 0.203 e. The van der Waals surface area contributed by atoms with Crippen LogP contribution in [0.3, 0.4) is 0 Å². The van der Waals surface area contributed by atoms with Crippen molar-refractivity contribution in [2.75, 3.05) is 33.2 Å². The number of fused-ring (bicyclic) bond motifs is 1. The smallest absolute Gasteiger partial charge is 0.203 e. The Bertz CT molecular complexity index is 251. The van der Waals surface area contributed by atoms with Gasteiger partial charge < -0.3 is 4.48 Å². The van der Waals surface area contributed by atoms with Crippen LogP contribution in [0, 0.1) is 0 Å². The quantitative estimate of drug-likeness (QED) is 0.542. The standard InChI is InChI=1S/C10H18FN2/c1-10-3-4-13(10,7-9(10)11)8-5-12(2)6-8/h8-9H,3-7H2,1-2H3/q+1/t9?,10-,13?/m0/s1. The maximum absolute atomic E-state index is 13.4. The summed E-state index contributed by atoms with van der Waals surface area (Å²) in [6.45, 7) is 6.54. The molecular formula is C10H18FN2+. The molecule has 3 aliphatic heterocycles. The first-order valence-electron chi connectivity index (χ1n) is 5.28. The van der Waals surface area contributed by atoms with Crippen molar-refractivity contribution >= 4 is 0 Å². The van der Waals surface area contributed by atoms with Gasteiger partial charge in [0.05, 0.1) is 26.1 Å². The van der Waals surface area contributed by atoms with Crippen molar-refractivity contribution in [1.29, 1.82) is 0 Å². The van der Waals surface area contributed by atoms with Crippen LogP contribution in [0.5, 0.6) is 0 Å². The average molecular weight is 185 g/mol. The van der Waals surface area contributed by atoms with Crippen molar-refractivity contribution in [2.45, 2.75) is 31.1 Å². The highest BCUT2D eigenvalue weighted by molar-refractivity contribution is 5.04. The highest BCUT2D eigenvalue weighted by Gasteiger charge is 2.74. The molecule has 3 fully saturated rings. The Morgan fingerprint density at radius 3 is 2.46 bits per heavy atom. The zero-order chi connectivity index (χ0) is 9.27. The molecule has 3 rings (SSSR count). The van der Waals surface area contributed by atoms with E-state index in [1.165, 1.54) is 19.6 Å². The molecule has 3 heterocycles. The van der Waals surface area contributed by atoms with E-state index in [9.17, 15) is 4.39 Å². The molecule has 3 aliphatic rings. The van der Waals surface area contributed by atoms with Crippen molar-refractivity contribution in [3.63, 3.8) is 0 Å². The summed E-state index contributed by atoms with van der Waals surface area (Å²) in [5.41, 5.74) is 0.0198. The van der Waals surface area contributed by atoms with Gasteiger partial charge >= 0.3 is 0 Å². The normalized spacial score (nSPS) is 56.1. The lowest BCUT2D eigenvalue weighted by Gasteiger charge is -2.73. The zero-order valence-electron chi connectivity index (χ0n) is 8.46. The fourth-order valence-electron chi connectivity index (χ4n) is 3.58. The van der Waals surface area contributed by atoms with Gasteiger partial charge in [-0.15, -0.1) is 0 Å². The molecule has 2 unspecified atom stereocenters. The molecule has 0 bridgehead atoms. The second kappa shape index (κ2) is 2.09. The highest BCUT2D eigenvalue weighted by Crippen LogP contribution is 2.55. The molecule has 74 valence electrons. The number of alkyl halides is 1. The van der Waals surface area contributed by atoms with E-state index in [0.717, 1.165) is 23.5 Å². The van der Waals surface area contributed by atoms with Crippen LogP contribution < -0.4 is 0 Å². The van der Waals surface area contributed by atoms with E-state index in [4.69, 9.17) is 0 Å². The van der Waals surface area contributed by atoms with E-state index in [0.29, 0.717) is 0 Å². The second-order valence-electron chi connectivity index (χ2n) is 5.39. The Morgan fingerprint density at radius 1 is 1.46 bits per heavy atom. The van der Waals surface area contributed by atoms with Crippen LogP contribution in [0.15, 0.2) is 0 Å². The first kappa shape index (κ1) is 8.18. The van der Waals surface area contributed by atoms with E-state index in [1.54, 1.807) is 0 Å². The molecule has 0 amide bonds. The van der Waals surface area contributed by atoms with E-state index < -0.39 is 6.17 Å². The van der Waals surface area contributed by atoms with E-state index >= 15 is 0 Å². The fourth-order valence-corrected chi connectivity index (χ4v) is 3.58. The van der Waals surface area contributed by atoms with Gasteiger partial charge in [-0.3, -0.25) is 4.90 Å². The molecule has 0 aromatic carbocycles. The summed E-state index contributed by atoms with van der Waals surface area (Å²) >= 11 is 0. The molecule has 3 heteroatoms. The van der Waals surface area contributed by atoms with E-state index in [1.807, 2.05) is 0 Å². The molecule has 0 radical (unpaired) electrons. The number of piperidine rings is 1. The molecule has 3 saturated heterocycles. The molecule has 13 heavy (non-hydrogen) atoms. The SMILES string of the molecule is CN1CC([N+]23CC[C@@]2(C)C(F)C3)C1. The molecule has 0 aromatic heterocycles. The summed E-state index contributed by atoms with van der Waals surface area (Å²) in [5.74, 6) is 0. The van der Waals surface area contributed by atoms with Gasteiger partial charge in [0.25, 0.3) is 0 Å². The van der Waals surface area contributed by atoms with Gasteiger partial charge in [-0.1, -0.05) is 0 Å². The summed E-state index contributed by atoms with van der Waals surface area (Å²) < 4.78 is 14.5. The van der Waals surface area contributed by atoms with E-state index in [-0.39, 0.29) is 5.54 Å². The van der Waals surface area contributed by atoms with Crippen LogP contribution >= 0.6 is 0 Å². The molecule has 0 spiro atoms. The molecule has 0 N–H and O–H groups in total. The number of nitrogens with zero attached hydrogens (tertiary/aromatic N) is 2.